The molecular formula is C8H6BrF2N3. The van der Waals surface area contributed by atoms with Gasteiger partial charge in [0.2, 0.25) is 0 Å². The molecule has 0 amide bonds. The van der Waals surface area contributed by atoms with Crippen LogP contribution in [0, 0.1) is 11.3 Å². The van der Waals surface area contributed by atoms with Crippen molar-refractivity contribution in [2.24, 2.45) is 0 Å². The minimum Gasteiger partial charge on any atom is -0.396 e. The molecule has 0 atom stereocenters. The number of halogens is 3. The molecule has 0 aromatic carbocycles. The molecule has 0 spiro atoms. The second kappa shape index (κ2) is 4.33. The Kier molecular flexibility index (Phi) is 3.36. The first-order chi connectivity index (χ1) is 6.60. The number of alkyl halides is 3. The third kappa shape index (κ3) is 1.99. The third-order valence-electron chi connectivity index (χ3n) is 1.63. The molecule has 0 aliphatic heterocycles. The van der Waals surface area contributed by atoms with Crippen molar-refractivity contribution < 1.29 is 8.78 Å². The molecule has 2 N–H and O–H groups in total. The fourth-order valence-electron chi connectivity index (χ4n) is 0.936. The fraction of sp³-hybridized carbons (Fsp3) is 0.250. The summed E-state index contributed by atoms with van der Waals surface area (Å²) in [7, 11) is 0. The number of nitrogens with two attached hydrogens (primary N) is 1. The minimum absolute atomic E-state index is 0.0322. The van der Waals surface area contributed by atoms with Crippen molar-refractivity contribution >= 4 is 21.6 Å². The van der Waals surface area contributed by atoms with E-state index in [1.807, 2.05) is 0 Å². The number of nitrogen functional groups attached to an aromatic ring is 1. The van der Waals surface area contributed by atoms with Crippen molar-refractivity contribution in [3.8, 4) is 6.07 Å². The van der Waals surface area contributed by atoms with Crippen molar-refractivity contribution in [2.45, 2.75) is 11.8 Å². The van der Waals surface area contributed by atoms with E-state index in [-0.39, 0.29) is 22.3 Å². The van der Waals surface area contributed by atoms with E-state index in [2.05, 4.69) is 20.9 Å². The summed E-state index contributed by atoms with van der Waals surface area (Å²) in [5.74, 6) is 0. The summed E-state index contributed by atoms with van der Waals surface area (Å²) in [5, 5.41) is 8.87. The molecule has 14 heavy (non-hydrogen) atoms. The number of pyridine rings is 1. The number of rotatable bonds is 2. The highest BCUT2D eigenvalue weighted by Gasteiger charge is 2.14. The quantitative estimate of drug-likeness (QED) is 0.832. The summed E-state index contributed by atoms with van der Waals surface area (Å²) in [4.78, 5) is 3.63. The molecule has 1 rings (SSSR count). The lowest BCUT2D eigenvalue weighted by Gasteiger charge is -2.06. The summed E-state index contributed by atoms with van der Waals surface area (Å²) in [6.07, 6.45) is -2.69. The van der Waals surface area contributed by atoms with Crippen LogP contribution in [-0.2, 0) is 5.33 Å². The van der Waals surface area contributed by atoms with Gasteiger partial charge in [-0.2, -0.15) is 5.26 Å². The summed E-state index contributed by atoms with van der Waals surface area (Å²) < 4.78 is 24.6. The predicted molar refractivity (Wildman–Crippen MR) is 51.0 cm³/mol. The van der Waals surface area contributed by atoms with E-state index in [0.717, 1.165) is 6.07 Å². The lowest BCUT2D eigenvalue weighted by molar-refractivity contribution is 0.146. The monoisotopic (exact) mass is 261 g/mol. The highest BCUT2D eigenvalue weighted by atomic mass is 79.9. The zero-order valence-electron chi connectivity index (χ0n) is 6.97. The average Bonchev–Trinajstić information content (AvgIpc) is 2.17. The molecular weight excluding hydrogens is 256 g/mol. The third-order valence-corrected chi connectivity index (χ3v) is 2.16. The fourth-order valence-corrected chi connectivity index (χ4v) is 1.36. The lowest BCUT2D eigenvalue weighted by Crippen LogP contribution is -2.03. The molecule has 0 unspecified atom stereocenters. The van der Waals surface area contributed by atoms with Crippen LogP contribution in [0.3, 0.4) is 0 Å². The highest BCUT2D eigenvalue weighted by molar-refractivity contribution is 9.08. The summed E-state index contributed by atoms with van der Waals surface area (Å²) >= 11 is 3.06. The maximum absolute atomic E-state index is 12.3. The first-order valence-corrected chi connectivity index (χ1v) is 4.75. The van der Waals surface area contributed by atoms with E-state index in [9.17, 15) is 8.78 Å². The molecule has 74 valence electrons. The normalized spacial score (nSPS) is 10.2. The number of aromatic nitrogens is 1. The Balaban J connectivity index is 3.34. The largest absolute Gasteiger partial charge is 0.396 e. The molecule has 6 heteroatoms. The molecule has 0 saturated carbocycles. The maximum atomic E-state index is 12.3. The van der Waals surface area contributed by atoms with Gasteiger partial charge in [0.1, 0.15) is 11.8 Å². The van der Waals surface area contributed by atoms with Crippen LogP contribution in [0.25, 0.3) is 0 Å². The van der Waals surface area contributed by atoms with Gasteiger partial charge in [-0.3, -0.25) is 0 Å². The van der Waals surface area contributed by atoms with Crippen molar-refractivity contribution in [3.63, 3.8) is 0 Å². The van der Waals surface area contributed by atoms with Crippen LogP contribution in [-0.4, -0.2) is 4.98 Å². The molecule has 0 aliphatic carbocycles. The van der Waals surface area contributed by atoms with Gasteiger partial charge in [0.05, 0.1) is 16.9 Å². The first kappa shape index (κ1) is 10.9. The summed E-state index contributed by atoms with van der Waals surface area (Å²) in [5.41, 5.74) is 5.53. The van der Waals surface area contributed by atoms with Crippen LogP contribution in [0.15, 0.2) is 6.07 Å². The molecule has 1 aromatic heterocycles. The second-order valence-electron chi connectivity index (χ2n) is 2.50. The van der Waals surface area contributed by atoms with Gasteiger partial charge in [0.15, 0.2) is 0 Å². The Morgan fingerprint density at radius 1 is 1.64 bits per heavy atom. The van der Waals surface area contributed by atoms with E-state index < -0.39 is 12.1 Å². The van der Waals surface area contributed by atoms with Crippen molar-refractivity contribution in [1.29, 1.82) is 5.26 Å². The zero-order valence-corrected chi connectivity index (χ0v) is 8.55. The maximum Gasteiger partial charge on any atom is 0.280 e. The van der Waals surface area contributed by atoms with E-state index in [0.29, 0.717) is 0 Å². The van der Waals surface area contributed by atoms with Crippen molar-refractivity contribution in [1.82, 2.24) is 4.98 Å². The Labute approximate surface area is 87.7 Å². The first-order valence-electron chi connectivity index (χ1n) is 3.63. The molecule has 0 bridgehead atoms. The summed E-state index contributed by atoms with van der Waals surface area (Å²) in [6.45, 7) is 0. The zero-order chi connectivity index (χ0) is 10.7. The van der Waals surface area contributed by atoms with Crippen LogP contribution in [0.4, 0.5) is 14.5 Å². The highest BCUT2D eigenvalue weighted by Crippen LogP contribution is 2.24. The van der Waals surface area contributed by atoms with Crippen molar-refractivity contribution in [2.75, 3.05) is 5.73 Å². The lowest BCUT2D eigenvalue weighted by atomic mass is 10.1. The molecule has 1 aromatic rings. The Morgan fingerprint density at radius 3 is 2.71 bits per heavy atom. The van der Waals surface area contributed by atoms with Crippen LogP contribution in [0.1, 0.15) is 23.4 Å². The number of nitriles is 1. The van der Waals surface area contributed by atoms with Crippen LogP contribution in [0.2, 0.25) is 0 Å². The SMILES string of the molecule is N#Cc1cc(C(F)F)nc(CBr)c1N. The van der Waals surface area contributed by atoms with E-state index in [1.54, 1.807) is 6.07 Å². The van der Waals surface area contributed by atoms with Gasteiger partial charge in [-0.05, 0) is 6.07 Å². The van der Waals surface area contributed by atoms with E-state index in [4.69, 9.17) is 11.0 Å². The molecule has 0 saturated heterocycles. The Bertz CT molecular complexity index is 387. The topological polar surface area (TPSA) is 62.7 Å². The molecule has 0 radical (unpaired) electrons. The Morgan fingerprint density at radius 2 is 2.29 bits per heavy atom. The number of hydrogen-bond donors (Lipinski definition) is 1. The Hall–Kier alpha value is -1.22. The molecule has 0 aliphatic rings. The minimum atomic E-state index is -2.69. The number of hydrogen-bond acceptors (Lipinski definition) is 3. The smallest absolute Gasteiger partial charge is 0.280 e. The average molecular weight is 262 g/mol. The van der Waals surface area contributed by atoms with Crippen LogP contribution in [0.5, 0.6) is 0 Å². The number of anilines is 1. The van der Waals surface area contributed by atoms with Gasteiger partial charge in [-0.25, -0.2) is 13.8 Å². The molecule has 0 fully saturated rings. The van der Waals surface area contributed by atoms with Crippen molar-refractivity contribution in [3.05, 3.63) is 23.0 Å². The van der Waals surface area contributed by atoms with E-state index >= 15 is 0 Å². The standard InChI is InChI=1S/C8H6BrF2N3/c9-2-6-7(13)4(3-12)1-5(14-6)8(10)11/h1,8H,2,13H2. The predicted octanol–water partition coefficient (Wildman–Crippen LogP) is 2.37. The number of nitrogens with zero attached hydrogens (tertiary/aromatic N) is 2. The van der Waals surface area contributed by atoms with Gasteiger partial charge in [0, 0.05) is 5.33 Å². The van der Waals surface area contributed by atoms with Gasteiger partial charge < -0.3 is 5.73 Å². The van der Waals surface area contributed by atoms with E-state index in [1.165, 1.54) is 0 Å². The second-order valence-corrected chi connectivity index (χ2v) is 3.06. The van der Waals surface area contributed by atoms with Crippen LogP contribution < -0.4 is 5.73 Å². The van der Waals surface area contributed by atoms with Gasteiger partial charge >= 0.3 is 0 Å². The van der Waals surface area contributed by atoms with Gasteiger partial charge in [-0.15, -0.1) is 0 Å². The van der Waals surface area contributed by atoms with Gasteiger partial charge in [0.25, 0.3) is 6.43 Å². The van der Waals surface area contributed by atoms with Gasteiger partial charge in [-0.1, -0.05) is 15.9 Å². The molecule has 1 heterocycles. The van der Waals surface area contributed by atoms with Crippen LogP contribution >= 0.6 is 15.9 Å². The molecule has 3 nitrogen and oxygen atoms in total. The summed E-state index contributed by atoms with van der Waals surface area (Å²) in [6, 6.07) is 2.75.